The summed E-state index contributed by atoms with van der Waals surface area (Å²) >= 11 is -1.45. The summed E-state index contributed by atoms with van der Waals surface area (Å²) in [5, 5.41) is 2.51. The van der Waals surface area contributed by atoms with Crippen LogP contribution < -0.4 is 10.0 Å². The summed E-state index contributed by atoms with van der Waals surface area (Å²) in [6.07, 6.45) is 2.18. The molecule has 1 aromatic carbocycles. The molecule has 1 atom stereocenters. The Morgan fingerprint density at radius 1 is 1.26 bits per heavy atom. The molecule has 6 nitrogen and oxygen atoms in total. The Kier molecular flexibility index (Phi) is 4.32. The Morgan fingerprint density at radius 3 is 2.63 bits per heavy atom. The van der Waals surface area contributed by atoms with Gasteiger partial charge in [-0.15, -0.1) is 0 Å². The number of nitrogens with one attached hydrogen (secondary N) is 2. The normalized spacial score (nSPS) is 11.7. The van der Waals surface area contributed by atoms with Crippen molar-refractivity contribution in [1.82, 2.24) is 9.97 Å². The van der Waals surface area contributed by atoms with E-state index in [2.05, 4.69) is 20.0 Å². The maximum absolute atomic E-state index is 12.0. The van der Waals surface area contributed by atoms with Crippen molar-refractivity contribution in [3.05, 3.63) is 42.2 Å². The maximum atomic E-state index is 12.0. The largest absolute Gasteiger partial charge is 0.588 e. The van der Waals surface area contributed by atoms with E-state index in [0.29, 0.717) is 22.9 Å². The van der Waals surface area contributed by atoms with Gasteiger partial charge in [0, 0.05) is 17.6 Å². The highest BCUT2D eigenvalue weighted by Crippen LogP contribution is 2.16. The van der Waals surface area contributed by atoms with Gasteiger partial charge in [-0.1, -0.05) is 0 Å². The van der Waals surface area contributed by atoms with Crippen LogP contribution in [-0.2, 0) is 16.2 Å². The van der Waals surface area contributed by atoms with Crippen LogP contribution in [-0.4, -0.2) is 20.9 Å². The lowest BCUT2D eigenvalue weighted by molar-refractivity contribution is -0.105. The van der Waals surface area contributed by atoms with Crippen molar-refractivity contribution >= 4 is 29.4 Å². The van der Waals surface area contributed by atoms with Gasteiger partial charge in [0.15, 0.2) is 4.90 Å². The molecule has 0 spiro atoms. The van der Waals surface area contributed by atoms with Gasteiger partial charge in [0.05, 0.1) is 0 Å². The summed E-state index contributed by atoms with van der Waals surface area (Å²) < 4.78 is 14.7. The average Bonchev–Trinajstić information content (AvgIpc) is 2.40. The second-order valence-corrected chi connectivity index (χ2v) is 4.89. The molecule has 2 rings (SSSR count). The van der Waals surface area contributed by atoms with Crippen LogP contribution in [0.5, 0.6) is 0 Å². The standard InChI is InChI=1S/C12H12N4O2S/c1-9-6-7-13-12(15-9)16-19(18)11-4-2-10(3-5-11)14-8-17/h2-8H,1H3,(H,14,17)(H,13,15,16). The fourth-order valence-corrected chi connectivity index (χ4v) is 2.15. The van der Waals surface area contributed by atoms with Crippen LogP contribution in [0, 0.1) is 6.92 Å². The molecule has 1 amide bonds. The lowest BCUT2D eigenvalue weighted by Gasteiger charge is -2.10. The molecule has 19 heavy (non-hydrogen) atoms. The summed E-state index contributed by atoms with van der Waals surface area (Å²) in [4.78, 5) is 18.9. The van der Waals surface area contributed by atoms with E-state index in [-0.39, 0.29) is 0 Å². The van der Waals surface area contributed by atoms with Crippen molar-refractivity contribution in [3.63, 3.8) is 0 Å². The van der Waals surface area contributed by atoms with Crippen molar-refractivity contribution in [2.45, 2.75) is 11.8 Å². The predicted molar refractivity (Wildman–Crippen MR) is 72.9 cm³/mol. The molecule has 0 radical (unpaired) electrons. The van der Waals surface area contributed by atoms with Gasteiger partial charge in [-0.25, -0.2) is 9.97 Å². The molecule has 98 valence electrons. The Labute approximate surface area is 113 Å². The summed E-state index contributed by atoms with van der Waals surface area (Å²) in [5.74, 6) is 0.313. The van der Waals surface area contributed by atoms with Crippen LogP contribution in [0.2, 0.25) is 0 Å². The molecule has 0 aliphatic carbocycles. The van der Waals surface area contributed by atoms with E-state index in [1.165, 1.54) is 0 Å². The molecule has 0 aliphatic rings. The van der Waals surface area contributed by atoms with E-state index in [9.17, 15) is 9.35 Å². The van der Waals surface area contributed by atoms with Crippen LogP contribution in [0.3, 0.4) is 0 Å². The van der Waals surface area contributed by atoms with Gasteiger partial charge in [-0.3, -0.25) is 4.79 Å². The van der Waals surface area contributed by atoms with Gasteiger partial charge in [0.1, 0.15) is 11.4 Å². The zero-order valence-electron chi connectivity index (χ0n) is 10.2. The first kappa shape index (κ1) is 13.3. The van der Waals surface area contributed by atoms with E-state index in [0.717, 1.165) is 5.69 Å². The lowest BCUT2D eigenvalue weighted by atomic mass is 10.3. The van der Waals surface area contributed by atoms with Crippen LogP contribution in [0.4, 0.5) is 11.6 Å². The first-order chi connectivity index (χ1) is 9.19. The smallest absolute Gasteiger partial charge is 0.265 e. The number of benzene rings is 1. The minimum atomic E-state index is -1.45. The molecule has 0 fully saturated rings. The SMILES string of the molecule is Cc1ccnc(N[S+]([O-])c2ccc(NC=O)cc2)n1. The van der Waals surface area contributed by atoms with Gasteiger partial charge in [-0.2, -0.15) is 4.72 Å². The van der Waals surface area contributed by atoms with Crippen molar-refractivity contribution in [2.75, 3.05) is 10.0 Å². The van der Waals surface area contributed by atoms with E-state index < -0.39 is 11.4 Å². The van der Waals surface area contributed by atoms with Gasteiger partial charge in [0.2, 0.25) is 6.41 Å². The number of nitrogens with zero attached hydrogens (tertiary/aromatic N) is 2. The van der Waals surface area contributed by atoms with E-state index in [1.54, 1.807) is 36.5 Å². The number of aryl methyl sites for hydroxylation is 1. The number of carbonyl (C=O) groups is 1. The van der Waals surface area contributed by atoms with Crippen molar-refractivity contribution in [2.24, 2.45) is 0 Å². The zero-order valence-corrected chi connectivity index (χ0v) is 11.0. The Morgan fingerprint density at radius 2 is 2.00 bits per heavy atom. The van der Waals surface area contributed by atoms with Crippen LogP contribution in [0.1, 0.15) is 5.69 Å². The number of carbonyl (C=O) groups excluding carboxylic acids is 1. The quantitative estimate of drug-likeness (QED) is 0.638. The molecular formula is C12H12N4O2S. The van der Waals surface area contributed by atoms with Crippen LogP contribution in [0.15, 0.2) is 41.4 Å². The fourth-order valence-electron chi connectivity index (χ4n) is 1.38. The average molecular weight is 276 g/mol. The van der Waals surface area contributed by atoms with Gasteiger partial charge >= 0.3 is 0 Å². The number of aromatic nitrogens is 2. The third-order valence-electron chi connectivity index (χ3n) is 2.27. The van der Waals surface area contributed by atoms with Crippen molar-refractivity contribution in [1.29, 1.82) is 0 Å². The molecule has 0 bridgehead atoms. The summed E-state index contributed by atoms with van der Waals surface area (Å²) in [6, 6.07) is 8.41. The highest BCUT2D eigenvalue weighted by Gasteiger charge is 2.13. The number of amides is 1. The monoisotopic (exact) mass is 276 g/mol. The van der Waals surface area contributed by atoms with E-state index in [1.807, 2.05) is 6.92 Å². The highest BCUT2D eigenvalue weighted by atomic mass is 32.2. The second kappa shape index (κ2) is 6.17. The molecule has 0 saturated heterocycles. The number of anilines is 2. The lowest BCUT2D eigenvalue weighted by Crippen LogP contribution is -2.15. The summed E-state index contributed by atoms with van der Waals surface area (Å²) in [6.45, 7) is 1.83. The van der Waals surface area contributed by atoms with Crippen molar-refractivity contribution < 1.29 is 9.35 Å². The van der Waals surface area contributed by atoms with E-state index in [4.69, 9.17) is 0 Å². The minimum absolute atomic E-state index is 0.313. The fraction of sp³-hybridized carbons (Fsp3) is 0.0833. The first-order valence-electron chi connectivity index (χ1n) is 5.47. The number of hydrogen-bond donors (Lipinski definition) is 2. The summed E-state index contributed by atoms with van der Waals surface area (Å²) in [5.41, 5.74) is 1.43. The molecule has 1 heterocycles. The Bertz CT molecular complexity index is 562. The molecule has 7 heteroatoms. The molecule has 1 aromatic heterocycles. The zero-order chi connectivity index (χ0) is 13.7. The molecular weight excluding hydrogens is 264 g/mol. The van der Waals surface area contributed by atoms with Gasteiger partial charge in [-0.05, 0) is 37.3 Å². The topological polar surface area (TPSA) is 90.0 Å². The highest BCUT2D eigenvalue weighted by molar-refractivity contribution is 7.92. The molecule has 0 aliphatic heterocycles. The summed E-state index contributed by atoms with van der Waals surface area (Å²) in [7, 11) is 0. The predicted octanol–water partition coefficient (Wildman–Crippen LogP) is 1.49. The number of hydrogen-bond acceptors (Lipinski definition) is 5. The van der Waals surface area contributed by atoms with E-state index >= 15 is 0 Å². The number of rotatable bonds is 5. The third kappa shape index (κ3) is 3.67. The van der Waals surface area contributed by atoms with Crippen LogP contribution in [0.25, 0.3) is 0 Å². The molecule has 1 unspecified atom stereocenters. The molecule has 2 aromatic rings. The third-order valence-corrected chi connectivity index (χ3v) is 3.34. The Hall–Kier alpha value is -2.12. The maximum Gasteiger partial charge on any atom is 0.265 e. The van der Waals surface area contributed by atoms with Gasteiger partial charge in [0.25, 0.3) is 5.95 Å². The van der Waals surface area contributed by atoms with Gasteiger partial charge < -0.3 is 9.87 Å². The van der Waals surface area contributed by atoms with Crippen molar-refractivity contribution in [3.8, 4) is 0 Å². The molecule has 0 saturated carbocycles. The first-order valence-corrected chi connectivity index (χ1v) is 6.62. The molecule has 2 N–H and O–H groups in total. The minimum Gasteiger partial charge on any atom is -0.588 e. The second-order valence-electron chi connectivity index (χ2n) is 3.68. The Balaban J connectivity index is 2.07. The van der Waals surface area contributed by atoms with Crippen LogP contribution >= 0.6 is 0 Å².